The van der Waals surface area contributed by atoms with Crippen molar-refractivity contribution >= 4 is 35.3 Å². The Bertz CT molecular complexity index is 1230. The third kappa shape index (κ3) is 5.29. The highest BCUT2D eigenvalue weighted by Gasteiger charge is 2.29. The number of fused-ring (bicyclic) bond motifs is 3. The number of nitrogens with one attached hydrogen (secondary N) is 2. The molecule has 2 amide bonds. The summed E-state index contributed by atoms with van der Waals surface area (Å²) < 4.78 is 10.3. The van der Waals surface area contributed by atoms with E-state index in [1.807, 2.05) is 48.5 Å². The molecule has 1 aliphatic rings. The zero-order valence-corrected chi connectivity index (χ0v) is 19.5. The van der Waals surface area contributed by atoms with Crippen molar-refractivity contribution in [2.45, 2.75) is 12.0 Å². The first-order valence-corrected chi connectivity index (χ1v) is 11.2. The van der Waals surface area contributed by atoms with Gasteiger partial charge in [-0.25, -0.2) is 9.59 Å². The van der Waals surface area contributed by atoms with Crippen molar-refractivity contribution in [1.82, 2.24) is 5.32 Å². The van der Waals surface area contributed by atoms with E-state index in [2.05, 4.69) is 10.6 Å². The summed E-state index contributed by atoms with van der Waals surface area (Å²) >= 11 is 6.20. The van der Waals surface area contributed by atoms with Gasteiger partial charge >= 0.3 is 12.1 Å². The summed E-state index contributed by atoms with van der Waals surface area (Å²) in [5.41, 5.74) is 4.68. The SMILES string of the molecule is COCC(NC(=O)c1ccc(Cl)c(NC(=O)OCC2c3ccccc3-c3ccccc32)c1)C(=O)O. The second-order valence-electron chi connectivity index (χ2n) is 7.96. The fourth-order valence-electron chi connectivity index (χ4n) is 4.09. The molecule has 0 aliphatic heterocycles. The molecule has 0 heterocycles. The van der Waals surface area contributed by atoms with Gasteiger partial charge in [0.05, 0.1) is 17.3 Å². The van der Waals surface area contributed by atoms with E-state index in [-0.39, 0.29) is 35.4 Å². The highest BCUT2D eigenvalue weighted by atomic mass is 35.5. The molecular formula is C26H23ClN2O6. The number of carboxylic acids is 1. The number of hydrogen-bond acceptors (Lipinski definition) is 5. The average molecular weight is 495 g/mol. The Morgan fingerprint density at radius 2 is 1.63 bits per heavy atom. The predicted molar refractivity (Wildman–Crippen MR) is 131 cm³/mol. The monoisotopic (exact) mass is 494 g/mol. The van der Waals surface area contributed by atoms with Gasteiger partial charge in [-0.3, -0.25) is 10.1 Å². The topological polar surface area (TPSA) is 114 Å². The summed E-state index contributed by atoms with van der Waals surface area (Å²) in [4.78, 5) is 36.4. The number of ether oxygens (including phenoxy) is 2. The molecule has 4 rings (SSSR count). The molecule has 0 bridgehead atoms. The minimum Gasteiger partial charge on any atom is -0.480 e. The number of methoxy groups -OCH3 is 1. The molecule has 0 radical (unpaired) electrons. The zero-order chi connectivity index (χ0) is 24.9. The number of amides is 2. The van der Waals surface area contributed by atoms with Crippen molar-refractivity contribution in [3.63, 3.8) is 0 Å². The second kappa shape index (κ2) is 10.6. The molecule has 3 aromatic rings. The lowest BCUT2D eigenvalue weighted by Gasteiger charge is -2.16. The summed E-state index contributed by atoms with van der Waals surface area (Å²) in [6.45, 7) is -0.0749. The standard InChI is InChI=1S/C26H23ClN2O6/c1-34-14-23(25(31)32)28-24(30)15-10-11-21(27)22(12-15)29-26(33)35-13-20-18-8-4-2-6-16(18)17-7-3-5-9-19(17)20/h2-12,20,23H,13-14H2,1H3,(H,28,30)(H,29,33)(H,31,32). The molecule has 3 N–H and O–H groups in total. The van der Waals surface area contributed by atoms with Crippen molar-refractivity contribution in [3.8, 4) is 11.1 Å². The van der Waals surface area contributed by atoms with Crippen molar-refractivity contribution in [2.75, 3.05) is 25.6 Å². The van der Waals surface area contributed by atoms with Gasteiger partial charge in [-0.2, -0.15) is 0 Å². The van der Waals surface area contributed by atoms with Crippen molar-refractivity contribution in [3.05, 3.63) is 88.4 Å². The largest absolute Gasteiger partial charge is 0.480 e. The maximum absolute atomic E-state index is 12.6. The Kier molecular flexibility index (Phi) is 7.33. The van der Waals surface area contributed by atoms with E-state index in [0.717, 1.165) is 22.3 Å². The van der Waals surface area contributed by atoms with Gasteiger partial charge in [-0.05, 0) is 40.5 Å². The minimum absolute atomic E-state index is 0.102. The highest BCUT2D eigenvalue weighted by Crippen LogP contribution is 2.44. The Morgan fingerprint density at radius 3 is 2.23 bits per heavy atom. The maximum atomic E-state index is 12.6. The van der Waals surface area contributed by atoms with Gasteiger partial charge in [0.15, 0.2) is 6.04 Å². The fraction of sp³-hybridized carbons (Fsp3) is 0.192. The van der Waals surface area contributed by atoms with E-state index in [1.54, 1.807) is 0 Å². The Hall–Kier alpha value is -3.88. The fourth-order valence-corrected chi connectivity index (χ4v) is 4.25. The van der Waals surface area contributed by atoms with E-state index in [0.29, 0.717) is 0 Å². The molecule has 1 aliphatic carbocycles. The Labute approximate surface area is 206 Å². The van der Waals surface area contributed by atoms with Crippen LogP contribution in [0, 0.1) is 0 Å². The van der Waals surface area contributed by atoms with Gasteiger partial charge in [0, 0.05) is 18.6 Å². The first-order chi connectivity index (χ1) is 16.9. The number of carboxylic acid groups (broad SMARTS) is 1. The van der Waals surface area contributed by atoms with E-state index in [4.69, 9.17) is 21.1 Å². The van der Waals surface area contributed by atoms with Crippen LogP contribution in [-0.2, 0) is 14.3 Å². The molecule has 3 aromatic carbocycles. The number of aliphatic carboxylic acids is 1. The van der Waals surface area contributed by atoms with Crippen LogP contribution >= 0.6 is 11.6 Å². The number of carbonyl (C=O) groups is 3. The number of anilines is 1. The van der Waals surface area contributed by atoms with Crippen LogP contribution in [0.2, 0.25) is 5.02 Å². The van der Waals surface area contributed by atoms with Crippen LogP contribution in [0.4, 0.5) is 10.5 Å². The van der Waals surface area contributed by atoms with Gasteiger partial charge in [-0.15, -0.1) is 0 Å². The first kappa shape index (κ1) is 24.3. The molecule has 0 aromatic heterocycles. The molecule has 180 valence electrons. The lowest BCUT2D eigenvalue weighted by Crippen LogP contribution is -2.43. The third-order valence-electron chi connectivity index (χ3n) is 5.75. The number of hydrogen-bond donors (Lipinski definition) is 3. The lowest BCUT2D eigenvalue weighted by molar-refractivity contribution is -0.140. The maximum Gasteiger partial charge on any atom is 0.411 e. The van der Waals surface area contributed by atoms with Crippen LogP contribution in [0.15, 0.2) is 66.7 Å². The van der Waals surface area contributed by atoms with E-state index in [9.17, 15) is 19.5 Å². The van der Waals surface area contributed by atoms with Gasteiger partial charge in [0.2, 0.25) is 0 Å². The van der Waals surface area contributed by atoms with Gasteiger partial charge < -0.3 is 19.9 Å². The minimum atomic E-state index is -1.23. The van der Waals surface area contributed by atoms with Crippen LogP contribution in [-0.4, -0.2) is 49.4 Å². The van der Waals surface area contributed by atoms with Gasteiger partial charge in [-0.1, -0.05) is 60.1 Å². The molecule has 0 saturated heterocycles. The lowest BCUT2D eigenvalue weighted by atomic mass is 9.98. The number of halogens is 1. The predicted octanol–water partition coefficient (Wildman–Crippen LogP) is 4.53. The quantitative estimate of drug-likeness (QED) is 0.424. The summed E-state index contributed by atoms with van der Waals surface area (Å²) in [5, 5.41) is 14.3. The summed E-state index contributed by atoms with van der Waals surface area (Å²) in [6.07, 6.45) is -0.728. The second-order valence-corrected chi connectivity index (χ2v) is 8.37. The van der Waals surface area contributed by atoms with Crippen LogP contribution in [0.3, 0.4) is 0 Å². The van der Waals surface area contributed by atoms with Crippen molar-refractivity contribution in [2.24, 2.45) is 0 Å². The van der Waals surface area contributed by atoms with Crippen molar-refractivity contribution in [1.29, 1.82) is 0 Å². The average Bonchev–Trinajstić information content (AvgIpc) is 3.17. The molecule has 0 saturated carbocycles. The van der Waals surface area contributed by atoms with E-state index in [1.165, 1.54) is 25.3 Å². The Morgan fingerprint density at radius 1 is 1.00 bits per heavy atom. The van der Waals surface area contributed by atoms with Gasteiger partial charge in [0.1, 0.15) is 6.61 Å². The molecular weight excluding hydrogens is 472 g/mol. The molecule has 0 fully saturated rings. The Balaban J connectivity index is 1.43. The molecule has 1 atom stereocenters. The molecule has 35 heavy (non-hydrogen) atoms. The van der Waals surface area contributed by atoms with Crippen LogP contribution in [0.5, 0.6) is 0 Å². The normalized spacial score (nSPS) is 12.9. The summed E-state index contributed by atoms with van der Waals surface area (Å²) in [5.74, 6) is -1.98. The molecule has 8 nitrogen and oxygen atoms in total. The van der Waals surface area contributed by atoms with Crippen molar-refractivity contribution < 1.29 is 29.0 Å². The zero-order valence-electron chi connectivity index (χ0n) is 18.8. The van der Waals surface area contributed by atoms with Crippen LogP contribution < -0.4 is 10.6 Å². The molecule has 9 heteroatoms. The third-order valence-corrected chi connectivity index (χ3v) is 6.08. The van der Waals surface area contributed by atoms with E-state index >= 15 is 0 Å². The highest BCUT2D eigenvalue weighted by molar-refractivity contribution is 6.33. The number of benzene rings is 3. The number of rotatable bonds is 8. The van der Waals surface area contributed by atoms with Crippen LogP contribution in [0.25, 0.3) is 11.1 Å². The summed E-state index contributed by atoms with van der Waals surface area (Å²) in [7, 11) is 1.33. The van der Waals surface area contributed by atoms with E-state index < -0.39 is 24.0 Å². The van der Waals surface area contributed by atoms with Crippen LogP contribution in [0.1, 0.15) is 27.4 Å². The summed E-state index contributed by atoms with van der Waals surface area (Å²) in [6, 6.07) is 19.0. The number of carbonyl (C=O) groups excluding carboxylic acids is 2. The molecule has 1 unspecified atom stereocenters. The molecule has 0 spiro atoms. The van der Waals surface area contributed by atoms with Gasteiger partial charge in [0.25, 0.3) is 5.91 Å². The smallest absolute Gasteiger partial charge is 0.411 e. The first-order valence-electron chi connectivity index (χ1n) is 10.8.